The van der Waals surface area contributed by atoms with Crippen LogP contribution in [0.4, 0.5) is 11.4 Å². The van der Waals surface area contributed by atoms with Crippen LogP contribution in [0.25, 0.3) is 5.69 Å². The van der Waals surface area contributed by atoms with Crippen molar-refractivity contribution in [3.63, 3.8) is 0 Å². The van der Waals surface area contributed by atoms with Crippen LogP contribution >= 0.6 is 23.4 Å². The molecule has 1 amide bonds. The van der Waals surface area contributed by atoms with Crippen molar-refractivity contribution in [3.8, 4) is 17.2 Å². The van der Waals surface area contributed by atoms with Gasteiger partial charge in [-0.1, -0.05) is 29.4 Å². The molecule has 4 rings (SSSR count). The van der Waals surface area contributed by atoms with Gasteiger partial charge < -0.3 is 20.1 Å². The van der Waals surface area contributed by atoms with Crippen LogP contribution in [-0.4, -0.2) is 40.6 Å². The van der Waals surface area contributed by atoms with E-state index in [9.17, 15) is 4.79 Å². The molecule has 0 atom stereocenters. The van der Waals surface area contributed by atoms with Gasteiger partial charge in [0.25, 0.3) is 0 Å². The van der Waals surface area contributed by atoms with Crippen molar-refractivity contribution in [1.29, 1.82) is 0 Å². The van der Waals surface area contributed by atoms with Gasteiger partial charge in [0.2, 0.25) is 5.91 Å². The molecule has 186 valence electrons. The molecule has 0 unspecified atom stereocenters. The lowest BCUT2D eigenvalue weighted by atomic mass is 10.2. The molecule has 1 aromatic heterocycles. The highest BCUT2D eigenvalue weighted by Gasteiger charge is 2.16. The smallest absolute Gasteiger partial charge is 0.234 e. The van der Waals surface area contributed by atoms with Crippen LogP contribution in [0.1, 0.15) is 11.4 Å². The van der Waals surface area contributed by atoms with Crippen molar-refractivity contribution in [2.45, 2.75) is 18.6 Å². The average Bonchev–Trinajstić information content (AvgIpc) is 3.31. The van der Waals surface area contributed by atoms with Gasteiger partial charge in [0.15, 0.2) is 11.0 Å². The van der Waals surface area contributed by atoms with Crippen LogP contribution in [0.3, 0.4) is 0 Å². The van der Waals surface area contributed by atoms with E-state index in [-0.39, 0.29) is 11.7 Å². The van der Waals surface area contributed by atoms with Gasteiger partial charge in [-0.25, -0.2) is 0 Å². The molecule has 0 aliphatic carbocycles. The summed E-state index contributed by atoms with van der Waals surface area (Å²) < 4.78 is 12.4. The number of amides is 1. The lowest BCUT2D eigenvalue weighted by Gasteiger charge is -2.12. The molecule has 4 aromatic rings. The minimum atomic E-state index is -0.165. The third-order valence-corrected chi connectivity index (χ3v) is 6.70. The Bertz CT molecular complexity index is 1330. The molecule has 10 heteroatoms. The fraction of sp³-hybridized carbons (Fsp3) is 0.192. The third-order valence-electron chi connectivity index (χ3n) is 5.36. The number of ether oxygens (including phenoxy) is 2. The molecule has 0 radical (unpaired) electrons. The Balaban J connectivity index is 1.50. The summed E-state index contributed by atoms with van der Waals surface area (Å²) in [6.45, 7) is 2.34. The van der Waals surface area contributed by atoms with Crippen molar-refractivity contribution < 1.29 is 14.3 Å². The Morgan fingerprint density at radius 3 is 2.22 bits per heavy atom. The van der Waals surface area contributed by atoms with Gasteiger partial charge in [-0.3, -0.25) is 9.36 Å². The first-order valence-electron chi connectivity index (χ1n) is 11.1. The Morgan fingerprint density at radius 1 is 0.944 bits per heavy atom. The molecule has 0 spiro atoms. The highest BCUT2D eigenvalue weighted by molar-refractivity contribution is 7.99. The minimum Gasteiger partial charge on any atom is -0.497 e. The summed E-state index contributed by atoms with van der Waals surface area (Å²) in [6, 6.07) is 20.7. The number of methoxy groups -OCH3 is 2. The summed E-state index contributed by atoms with van der Waals surface area (Å²) in [5.74, 6) is 2.22. The first-order chi connectivity index (χ1) is 17.5. The summed E-state index contributed by atoms with van der Waals surface area (Å²) >= 11 is 7.48. The van der Waals surface area contributed by atoms with E-state index < -0.39 is 0 Å². The standard InChI is InChI=1S/C26H26ClN5O3S/c1-17-4-5-19(14-23(17)27)29-25(33)16-36-26-31-30-24(15-28-18-6-10-21(34-2)11-7-18)32(26)20-8-12-22(35-3)13-9-20/h4-14,28H,15-16H2,1-3H3,(H,29,33). The number of aryl methyl sites for hydroxylation is 1. The number of carbonyl (C=O) groups is 1. The molecule has 0 bridgehead atoms. The van der Waals surface area contributed by atoms with Crippen molar-refractivity contribution in [2.24, 2.45) is 0 Å². The molecule has 0 aliphatic heterocycles. The maximum Gasteiger partial charge on any atom is 0.234 e. The Kier molecular flexibility index (Phi) is 8.35. The number of hydrogen-bond donors (Lipinski definition) is 2. The van der Waals surface area contributed by atoms with E-state index in [4.69, 9.17) is 21.1 Å². The molecule has 1 heterocycles. The predicted molar refractivity (Wildman–Crippen MR) is 144 cm³/mol. The normalized spacial score (nSPS) is 10.7. The van der Waals surface area contributed by atoms with Crippen molar-refractivity contribution in [3.05, 3.63) is 83.1 Å². The van der Waals surface area contributed by atoms with Crippen molar-refractivity contribution in [1.82, 2.24) is 14.8 Å². The summed E-state index contributed by atoms with van der Waals surface area (Å²) in [7, 11) is 3.26. The number of halogens is 1. The molecule has 0 saturated heterocycles. The van der Waals surface area contributed by atoms with Crippen LogP contribution in [0, 0.1) is 6.92 Å². The average molecular weight is 524 g/mol. The second-order valence-corrected chi connectivity index (χ2v) is 9.16. The van der Waals surface area contributed by atoms with Crippen LogP contribution in [0.5, 0.6) is 11.5 Å². The van der Waals surface area contributed by atoms with Gasteiger partial charge in [0.05, 0.1) is 26.5 Å². The predicted octanol–water partition coefficient (Wildman–Crippen LogP) is 5.59. The Morgan fingerprint density at radius 2 is 1.58 bits per heavy atom. The maximum absolute atomic E-state index is 12.6. The number of carbonyl (C=O) groups excluding carboxylic acids is 1. The van der Waals surface area contributed by atoms with E-state index in [2.05, 4.69) is 20.8 Å². The fourth-order valence-corrected chi connectivity index (χ4v) is 4.34. The molecule has 2 N–H and O–H groups in total. The molecule has 3 aromatic carbocycles. The monoisotopic (exact) mass is 523 g/mol. The van der Waals surface area contributed by atoms with Crippen LogP contribution < -0.4 is 20.1 Å². The summed E-state index contributed by atoms with van der Waals surface area (Å²) in [5, 5.41) is 16.2. The molecule has 0 saturated carbocycles. The highest BCUT2D eigenvalue weighted by atomic mass is 35.5. The molecule has 36 heavy (non-hydrogen) atoms. The van der Waals surface area contributed by atoms with E-state index in [0.29, 0.717) is 28.2 Å². The quantitative estimate of drug-likeness (QED) is 0.262. The van der Waals surface area contributed by atoms with Crippen LogP contribution in [0.15, 0.2) is 71.9 Å². The number of nitrogens with one attached hydrogen (secondary N) is 2. The summed E-state index contributed by atoms with van der Waals surface area (Å²) in [4.78, 5) is 12.6. The second-order valence-electron chi connectivity index (χ2n) is 7.82. The van der Waals surface area contributed by atoms with Crippen molar-refractivity contribution >= 4 is 40.6 Å². The topological polar surface area (TPSA) is 90.3 Å². The number of benzene rings is 3. The minimum absolute atomic E-state index is 0.158. The summed E-state index contributed by atoms with van der Waals surface area (Å²) in [6.07, 6.45) is 0. The lowest BCUT2D eigenvalue weighted by molar-refractivity contribution is -0.113. The first-order valence-corrected chi connectivity index (χ1v) is 12.5. The van der Waals surface area contributed by atoms with Gasteiger partial charge in [-0.2, -0.15) is 0 Å². The van der Waals surface area contributed by atoms with E-state index in [1.807, 2.05) is 72.2 Å². The van der Waals surface area contributed by atoms with Gasteiger partial charge >= 0.3 is 0 Å². The zero-order chi connectivity index (χ0) is 25.5. The fourth-order valence-electron chi connectivity index (χ4n) is 3.39. The van der Waals surface area contributed by atoms with E-state index in [1.165, 1.54) is 11.8 Å². The zero-order valence-electron chi connectivity index (χ0n) is 20.1. The molecule has 0 aliphatic rings. The number of anilines is 2. The Labute approximate surface area is 219 Å². The maximum atomic E-state index is 12.6. The van der Waals surface area contributed by atoms with Gasteiger partial charge in [0, 0.05) is 22.1 Å². The molecule has 0 fully saturated rings. The van der Waals surface area contributed by atoms with E-state index >= 15 is 0 Å². The van der Waals surface area contributed by atoms with Crippen LogP contribution in [-0.2, 0) is 11.3 Å². The number of thioether (sulfide) groups is 1. The second kappa shape index (κ2) is 11.8. The lowest BCUT2D eigenvalue weighted by Crippen LogP contribution is -2.15. The SMILES string of the molecule is COc1ccc(NCc2nnc(SCC(=O)Nc3ccc(C)c(Cl)c3)n2-c2ccc(OC)cc2)cc1. The van der Waals surface area contributed by atoms with Crippen LogP contribution in [0.2, 0.25) is 5.02 Å². The molecular weight excluding hydrogens is 498 g/mol. The molecular formula is C26H26ClN5O3S. The number of aromatic nitrogens is 3. The first kappa shape index (κ1) is 25.4. The largest absolute Gasteiger partial charge is 0.497 e. The van der Waals surface area contributed by atoms with Crippen molar-refractivity contribution in [2.75, 3.05) is 30.6 Å². The molecule has 8 nitrogen and oxygen atoms in total. The number of rotatable bonds is 10. The van der Waals surface area contributed by atoms with Gasteiger partial charge in [0.1, 0.15) is 11.5 Å². The zero-order valence-corrected chi connectivity index (χ0v) is 21.7. The van der Waals surface area contributed by atoms with E-state index in [0.717, 1.165) is 28.4 Å². The number of nitrogens with zero attached hydrogens (tertiary/aromatic N) is 3. The van der Waals surface area contributed by atoms with Gasteiger partial charge in [-0.05, 0) is 73.2 Å². The Hall–Kier alpha value is -3.69. The third kappa shape index (κ3) is 6.30. The highest BCUT2D eigenvalue weighted by Crippen LogP contribution is 2.26. The van der Waals surface area contributed by atoms with Gasteiger partial charge in [-0.15, -0.1) is 10.2 Å². The summed E-state index contributed by atoms with van der Waals surface area (Å²) in [5.41, 5.74) is 3.38. The van der Waals surface area contributed by atoms with E-state index in [1.54, 1.807) is 20.3 Å². The number of hydrogen-bond acceptors (Lipinski definition) is 7.